The molecule has 1 unspecified atom stereocenters. The molecule has 1 aromatic rings. The second-order valence-electron chi connectivity index (χ2n) is 5.07. The molecule has 2 aliphatic rings. The van der Waals surface area contributed by atoms with Crippen LogP contribution in [0.5, 0.6) is 0 Å². The molecule has 1 aliphatic carbocycles. The minimum Gasteiger partial charge on any atom is -0.316 e. The standard InChI is InChI=1S/C14H19N.ClH/c1-2-5-12(6-3-1)14(8-9-14)13-7-4-10-15-11-13;/h1-3,5-6,13,15H,4,7-11H2;1H. The van der Waals surface area contributed by atoms with E-state index in [1.165, 1.54) is 38.8 Å². The van der Waals surface area contributed by atoms with E-state index >= 15 is 0 Å². The van der Waals surface area contributed by atoms with Crippen molar-refractivity contribution >= 4 is 12.4 Å². The van der Waals surface area contributed by atoms with Gasteiger partial charge in [0.15, 0.2) is 0 Å². The molecular weight excluding hydrogens is 218 g/mol. The van der Waals surface area contributed by atoms with Crippen molar-refractivity contribution in [2.75, 3.05) is 13.1 Å². The first-order valence-electron chi connectivity index (χ1n) is 6.18. The maximum Gasteiger partial charge on any atom is -0.000602 e. The number of hydrogen-bond donors (Lipinski definition) is 1. The first-order valence-corrected chi connectivity index (χ1v) is 6.18. The van der Waals surface area contributed by atoms with Gasteiger partial charge >= 0.3 is 0 Å². The summed E-state index contributed by atoms with van der Waals surface area (Å²) in [4.78, 5) is 0. The Hall–Kier alpha value is -0.530. The van der Waals surface area contributed by atoms with Crippen molar-refractivity contribution in [3.05, 3.63) is 35.9 Å². The molecule has 88 valence electrons. The fraction of sp³-hybridized carbons (Fsp3) is 0.571. The summed E-state index contributed by atoms with van der Waals surface area (Å²) < 4.78 is 0. The van der Waals surface area contributed by atoms with Crippen LogP contribution in [-0.4, -0.2) is 13.1 Å². The quantitative estimate of drug-likeness (QED) is 0.834. The average Bonchev–Trinajstić information content (AvgIpc) is 3.13. The zero-order valence-corrected chi connectivity index (χ0v) is 10.4. The Morgan fingerprint density at radius 3 is 2.44 bits per heavy atom. The second kappa shape index (κ2) is 4.77. The van der Waals surface area contributed by atoms with E-state index in [-0.39, 0.29) is 12.4 Å². The van der Waals surface area contributed by atoms with Gasteiger partial charge in [-0.15, -0.1) is 12.4 Å². The smallest absolute Gasteiger partial charge is 0.000602 e. The van der Waals surface area contributed by atoms with Crippen molar-refractivity contribution < 1.29 is 0 Å². The molecule has 1 aromatic carbocycles. The van der Waals surface area contributed by atoms with Gasteiger partial charge in [0.1, 0.15) is 0 Å². The Bertz CT molecular complexity index is 326. The number of nitrogens with one attached hydrogen (secondary N) is 1. The van der Waals surface area contributed by atoms with Crippen LogP contribution in [0.4, 0.5) is 0 Å². The van der Waals surface area contributed by atoms with E-state index in [0.29, 0.717) is 5.41 Å². The van der Waals surface area contributed by atoms with E-state index in [0.717, 1.165) is 5.92 Å². The SMILES string of the molecule is Cl.c1ccc(C2(C3CCCNC3)CC2)cc1. The number of halogens is 1. The van der Waals surface area contributed by atoms with Gasteiger partial charge in [0, 0.05) is 0 Å². The second-order valence-corrected chi connectivity index (χ2v) is 5.07. The molecule has 1 saturated carbocycles. The van der Waals surface area contributed by atoms with Crippen molar-refractivity contribution in [1.29, 1.82) is 0 Å². The van der Waals surface area contributed by atoms with Crippen LogP contribution in [0, 0.1) is 5.92 Å². The third-order valence-electron chi connectivity index (χ3n) is 4.22. The lowest BCUT2D eigenvalue weighted by Crippen LogP contribution is -2.36. The highest BCUT2D eigenvalue weighted by Crippen LogP contribution is 2.55. The Morgan fingerprint density at radius 2 is 1.88 bits per heavy atom. The summed E-state index contributed by atoms with van der Waals surface area (Å²) in [5.74, 6) is 0.883. The molecular formula is C14H20ClN. The van der Waals surface area contributed by atoms with Crippen molar-refractivity contribution in [2.45, 2.75) is 31.1 Å². The molecule has 0 amide bonds. The molecule has 1 saturated heterocycles. The number of benzene rings is 1. The van der Waals surface area contributed by atoms with E-state index in [4.69, 9.17) is 0 Å². The maximum absolute atomic E-state index is 3.55. The summed E-state index contributed by atoms with van der Waals surface area (Å²) in [6.45, 7) is 2.45. The summed E-state index contributed by atoms with van der Waals surface area (Å²) in [5.41, 5.74) is 2.13. The highest BCUT2D eigenvalue weighted by molar-refractivity contribution is 5.85. The predicted molar refractivity (Wildman–Crippen MR) is 70.2 cm³/mol. The highest BCUT2D eigenvalue weighted by Gasteiger charge is 2.50. The van der Waals surface area contributed by atoms with E-state index in [2.05, 4.69) is 35.6 Å². The van der Waals surface area contributed by atoms with Crippen molar-refractivity contribution in [3.63, 3.8) is 0 Å². The van der Waals surface area contributed by atoms with Gasteiger partial charge in [0.05, 0.1) is 0 Å². The zero-order valence-electron chi connectivity index (χ0n) is 9.61. The van der Waals surface area contributed by atoms with Gasteiger partial charge in [0.2, 0.25) is 0 Å². The number of piperidine rings is 1. The Kier molecular flexibility index (Phi) is 3.56. The lowest BCUT2D eigenvalue weighted by atomic mass is 9.78. The van der Waals surface area contributed by atoms with Crippen LogP contribution in [-0.2, 0) is 5.41 Å². The first kappa shape index (κ1) is 11.9. The third-order valence-corrected chi connectivity index (χ3v) is 4.22. The van der Waals surface area contributed by atoms with Gasteiger partial charge in [0.25, 0.3) is 0 Å². The molecule has 0 aromatic heterocycles. The predicted octanol–water partition coefficient (Wildman–Crippen LogP) is 3.14. The minimum absolute atomic E-state index is 0. The van der Waals surface area contributed by atoms with Crippen LogP contribution < -0.4 is 5.32 Å². The first-order chi connectivity index (χ1) is 7.42. The molecule has 2 fully saturated rings. The van der Waals surface area contributed by atoms with Crippen LogP contribution in [0.15, 0.2) is 30.3 Å². The van der Waals surface area contributed by atoms with Gasteiger partial charge < -0.3 is 5.32 Å². The van der Waals surface area contributed by atoms with Gasteiger partial charge in [-0.1, -0.05) is 30.3 Å². The van der Waals surface area contributed by atoms with E-state index in [9.17, 15) is 0 Å². The van der Waals surface area contributed by atoms with Crippen molar-refractivity contribution in [3.8, 4) is 0 Å². The topological polar surface area (TPSA) is 12.0 Å². The Balaban J connectivity index is 0.000000963. The van der Waals surface area contributed by atoms with Crippen molar-refractivity contribution in [2.24, 2.45) is 5.92 Å². The van der Waals surface area contributed by atoms with Gasteiger partial charge in [-0.05, 0) is 55.7 Å². The van der Waals surface area contributed by atoms with Gasteiger partial charge in [-0.2, -0.15) is 0 Å². The monoisotopic (exact) mass is 237 g/mol. The lowest BCUT2D eigenvalue weighted by molar-refractivity contribution is 0.307. The fourth-order valence-corrected chi connectivity index (χ4v) is 3.16. The van der Waals surface area contributed by atoms with Gasteiger partial charge in [-0.25, -0.2) is 0 Å². The zero-order chi connectivity index (χ0) is 10.1. The molecule has 0 bridgehead atoms. The van der Waals surface area contributed by atoms with Crippen molar-refractivity contribution in [1.82, 2.24) is 5.32 Å². The highest BCUT2D eigenvalue weighted by atomic mass is 35.5. The largest absolute Gasteiger partial charge is 0.316 e. The van der Waals surface area contributed by atoms with E-state index < -0.39 is 0 Å². The number of rotatable bonds is 2. The molecule has 1 N–H and O–H groups in total. The normalized spacial score (nSPS) is 26.9. The summed E-state index contributed by atoms with van der Waals surface area (Å²) >= 11 is 0. The fourth-order valence-electron chi connectivity index (χ4n) is 3.16. The van der Waals surface area contributed by atoms with Crippen LogP contribution in [0.1, 0.15) is 31.2 Å². The summed E-state index contributed by atoms with van der Waals surface area (Å²) in [6, 6.07) is 11.1. The Morgan fingerprint density at radius 1 is 1.12 bits per heavy atom. The molecule has 1 atom stereocenters. The molecule has 3 rings (SSSR count). The van der Waals surface area contributed by atoms with E-state index in [1.807, 2.05) is 0 Å². The molecule has 16 heavy (non-hydrogen) atoms. The maximum atomic E-state index is 3.55. The molecule has 0 radical (unpaired) electrons. The van der Waals surface area contributed by atoms with Crippen LogP contribution in [0.2, 0.25) is 0 Å². The summed E-state index contributed by atoms with van der Waals surface area (Å²) in [6.07, 6.45) is 5.59. The molecule has 2 heteroatoms. The van der Waals surface area contributed by atoms with Crippen LogP contribution in [0.25, 0.3) is 0 Å². The summed E-state index contributed by atoms with van der Waals surface area (Å²) in [5, 5.41) is 3.55. The molecule has 1 aliphatic heterocycles. The van der Waals surface area contributed by atoms with E-state index in [1.54, 1.807) is 5.56 Å². The van der Waals surface area contributed by atoms with Crippen LogP contribution in [0.3, 0.4) is 0 Å². The molecule has 1 heterocycles. The van der Waals surface area contributed by atoms with Crippen LogP contribution >= 0.6 is 12.4 Å². The molecule has 1 nitrogen and oxygen atoms in total. The van der Waals surface area contributed by atoms with Gasteiger partial charge in [-0.3, -0.25) is 0 Å². The lowest BCUT2D eigenvalue weighted by Gasteiger charge is -2.31. The Labute approximate surface area is 104 Å². The molecule has 0 spiro atoms. The summed E-state index contributed by atoms with van der Waals surface area (Å²) in [7, 11) is 0. The minimum atomic E-state index is 0. The third kappa shape index (κ3) is 1.99. The number of hydrogen-bond acceptors (Lipinski definition) is 1. The average molecular weight is 238 g/mol.